The zero-order chi connectivity index (χ0) is 24.6. The molecule has 2 unspecified atom stereocenters. The SMILES string of the molecule is CC(C)C[C@@H](NC(=O)OCc1ccccc1)C(=O)N[C@H](CC1CCN=C1[O-])C(O)S(=O)(=O)O.[Na+]. The summed E-state index contributed by atoms with van der Waals surface area (Å²) in [5.41, 5.74) is -1.60. The van der Waals surface area contributed by atoms with E-state index in [2.05, 4.69) is 15.6 Å². The van der Waals surface area contributed by atoms with E-state index in [0.29, 0.717) is 6.42 Å². The van der Waals surface area contributed by atoms with Crippen LogP contribution in [0.2, 0.25) is 0 Å². The van der Waals surface area contributed by atoms with E-state index < -0.39 is 51.5 Å². The van der Waals surface area contributed by atoms with Crippen molar-refractivity contribution in [3.05, 3.63) is 35.9 Å². The van der Waals surface area contributed by atoms with Crippen LogP contribution < -0.4 is 45.3 Å². The van der Waals surface area contributed by atoms with Gasteiger partial charge < -0.3 is 30.6 Å². The number of nitrogens with zero attached hydrogens (tertiary/aromatic N) is 1. The Hall–Kier alpha value is -1.70. The summed E-state index contributed by atoms with van der Waals surface area (Å²) in [5, 5.41) is 26.7. The minimum absolute atomic E-state index is 0. The molecule has 1 aromatic carbocycles. The molecule has 184 valence electrons. The fourth-order valence-corrected chi connectivity index (χ4v) is 4.05. The van der Waals surface area contributed by atoms with E-state index in [0.717, 1.165) is 5.56 Å². The molecule has 0 radical (unpaired) electrons. The Kier molecular flexibility index (Phi) is 12.5. The average molecular weight is 508 g/mol. The number of carbonyl (C=O) groups is 2. The molecule has 4 atom stereocenters. The molecule has 4 N–H and O–H groups in total. The van der Waals surface area contributed by atoms with Crippen molar-refractivity contribution in [2.24, 2.45) is 16.8 Å². The summed E-state index contributed by atoms with van der Waals surface area (Å²) in [7, 11) is -4.93. The molecule has 1 aliphatic rings. The summed E-state index contributed by atoms with van der Waals surface area (Å²) >= 11 is 0. The van der Waals surface area contributed by atoms with E-state index in [1.807, 2.05) is 19.9 Å². The van der Waals surface area contributed by atoms with Gasteiger partial charge in [-0.1, -0.05) is 44.2 Å². The molecular formula is C21H30N3NaO8S. The Labute approximate surface area is 221 Å². The quantitative estimate of drug-likeness (QED) is 0.183. The number of rotatable bonds is 11. The Balaban J connectivity index is 0.00000578. The monoisotopic (exact) mass is 507 g/mol. The van der Waals surface area contributed by atoms with Gasteiger partial charge in [0.2, 0.25) is 11.3 Å². The predicted octanol–water partition coefficient (Wildman–Crippen LogP) is -2.81. The predicted molar refractivity (Wildman–Crippen MR) is 118 cm³/mol. The maximum atomic E-state index is 12.9. The van der Waals surface area contributed by atoms with Crippen LogP contribution in [0.1, 0.15) is 38.7 Å². The molecule has 0 aromatic heterocycles. The van der Waals surface area contributed by atoms with E-state index in [1.165, 1.54) is 0 Å². The van der Waals surface area contributed by atoms with Crippen LogP contribution in [0.3, 0.4) is 0 Å². The van der Waals surface area contributed by atoms with E-state index in [9.17, 15) is 32.8 Å². The van der Waals surface area contributed by atoms with Gasteiger partial charge in [-0.2, -0.15) is 8.42 Å². The third-order valence-corrected chi connectivity index (χ3v) is 6.08. The normalized spacial score (nSPS) is 18.3. The summed E-state index contributed by atoms with van der Waals surface area (Å²) in [5.74, 6) is -1.97. The standard InChI is InChI=1S/C21H31N3O8S.Na/c1-13(2)10-16(24-21(28)32-12-14-6-4-3-5-7-14)19(26)23-17(20(27)33(29,30)31)11-15-8-9-22-18(15)25;/h3-7,13,15-17,20,27H,8-12H2,1-2H3,(H,22,25)(H,23,26)(H,24,28)(H,29,30,31);/q;+1/p-1/t15?,16-,17-,20?;/m1./s1. The molecule has 0 saturated carbocycles. The van der Waals surface area contributed by atoms with Crippen LogP contribution in [-0.4, -0.2) is 60.0 Å². The zero-order valence-electron chi connectivity index (χ0n) is 19.5. The van der Waals surface area contributed by atoms with Crippen LogP contribution in [0, 0.1) is 11.8 Å². The molecule has 0 aliphatic carbocycles. The number of ether oxygens (including phenoxy) is 1. The van der Waals surface area contributed by atoms with Crippen LogP contribution in [0.25, 0.3) is 0 Å². The number of amides is 2. The van der Waals surface area contributed by atoms with Crippen molar-refractivity contribution in [3.8, 4) is 0 Å². The molecule has 1 aliphatic heterocycles. The van der Waals surface area contributed by atoms with E-state index in [1.54, 1.807) is 24.3 Å². The van der Waals surface area contributed by atoms with Crippen LogP contribution in [0.5, 0.6) is 0 Å². The molecule has 0 saturated heterocycles. The number of benzene rings is 1. The fourth-order valence-electron chi connectivity index (χ4n) is 3.46. The number of aliphatic hydroxyl groups is 1. The third kappa shape index (κ3) is 9.88. The smallest absolute Gasteiger partial charge is 0.862 e. The summed E-state index contributed by atoms with van der Waals surface area (Å²) in [6.07, 6.45) is -0.556. The maximum absolute atomic E-state index is 12.9. The molecule has 34 heavy (non-hydrogen) atoms. The molecule has 0 spiro atoms. The first-order valence-corrected chi connectivity index (χ1v) is 12.1. The summed E-state index contributed by atoms with van der Waals surface area (Å²) < 4.78 is 37.5. The molecule has 2 amide bonds. The van der Waals surface area contributed by atoms with Gasteiger partial charge in [-0.15, -0.1) is 0 Å². The number of hydrogen-bond acceptors (Lipinski definition) is 8. The number of aliphatic imine (C=N–C) groups is 1. The van der Waals surface area contributed by atoms with Gasteiger partial charge in [0, 0.05) is 6.54 Å². The van der Waals surface area contributed by atoms with Crippen LogP contribution >= 0.6 is 0 Å². The van der Waals surface area contributed by atoms with Gasteiger partial charge in [0.25, 0.3) is 10.1 Å². The van der Waals surface area contributed by atoms with Gasteiger partial charge in [-0.25, -0.2) is 4.79 Å². The number of alkyl carbamates (subject to hydrolysis) is 1. The van der Waals surface area contributed by atoms with Gasteiger partial charge >= 0.3 is 35.7 Å². The topological polar surface area (TPSA) is 177 Å². The molecule has 13 heteroatoms. The minimum atomic E-state index is -4.93. The van der Waals surface area contributed by atoms with Crippen LogP contribution in [0.4, 0.5) is 4.79 Å². The number of nitrogens with one attached hydrogen (secondary N) is 2. The van der Waals surface area contributed by atoms with Crippen LogP contribution in [0.15, 0.2) is 35.3 Å². The van der Waals surface area contributed by atoms with Crippen molar-refractivity contribution >= 4 is 28.0 Å². The third-order valence-electron chi connectivity index (χ3n) is 5.14. The summed E-state index contributed by atoms with van der Waals surface area (Å²) in [6, 6.07) is 6.34. The molecule has 0 fully saturated rings. The van der Waals surface area contributed by atoms with Gasteiger partial charge in [-0.05, 0) is 42.6 Å². The van der Waals surface area contributed by atoms with E-state index >= 15 is 0 Å². The second-order valence-corrected chi connectivity index (χ2v) is 9.86. The van der Waals surface area contributed by atoms with Gasteiger partial charge in [-0.3, -0.25) is 9.35 Å². The van der Waals surface area contributed by atoms with Crippen molar-refractivity contribution in [3.63, 3.8) is 0 Å². The van der Waals surface area contributed by atoms with Gasteiger partial charge in [0.15, 0.2) is 0 Å². The minimum Gasteiger partial charge on any atom is -0.862 e. The first kappa shape index (κ1) is 30.3. The molecule has 11 nitrogen and oxygen atoms in total. The molecule has 1 heterocycles. The Morgan fingerprint density at radius 3 is 2.41 bits per heavy atom. The number of carbonyl (C=O) groups excluding carboxylic acids is 2. The Morgan fingerprint density at radius 2 is 1.88 bits per heavy atom. The Morgan fingerprint density at radius 1 is 1.24 bits per heavy atom. The maximum Gasteiger partial charge on any atom is 1.00 e. The second kappa shape index (κ2) is 14.0. The summed E-state index contributed by atoms with van der Waals surface area (Å²) in [6.45, 7) is 3.89. The first-order valence-electron chi connectivity index (χ1n) is 10.6. The van der Waals surface area contributed by atoms with E-state index in [-0.39, 0.29) is 61.5 Å². The fraction of sp³-hybridized carbons (Fsp3) is 0.571. The van der Waals surface area contributed by atoms with E-state index in [4.69, 9.17) is 4.74 Å². The van der Waals surface area contributed by atoms with Crippen molar-refractivity contribution < 1.29 is 67.1 Å². The number of hydrogen-bond donors (Lipinski definition) is 4. The summed E-state index contributed by atoms with van der Waals surface area (Å²) in [4.78, 5) is 28.9. The van der Waals surface area contributed by atoms with Gasteiger partial charge in [0.05, 0.1) is 6.04 Å². The molecule has 2 rings (SSSR count). The van der Waals surface area contributed by atoms with Crippen molar-refractivity contribution in [1.29, 1.82) is 0 Å². The van der Waals surface area contributed by atoms with Crippen molar-refractivity contribution in [1.82, 2.24) is 10.6 Å². The largest absolute Gasteiger partial charge is 1.00 e. The second-order valence-electron chi connectivity index (χ2n) is 8.35. The van der Waals surface area contributed by atoms with Crippen LogP contribution in [-0.2, 0) is 26.3 Å². The van der Waals surface area contributed by atoms with Crippen molar-refractivity contribution in [2.45, 2.75) is 57.2 Å². The molecule has 0 bridgehead atoms. The molecule has 1 aromatic rings. The van der Waals surface area contributed by atoms with Gasteiger partial charge in [0.1, 0.15) is 12.6 Å². The first-order chi connectivity index (χ1) is 15.5. The average Bonchev–Trinajstić information content (AvgIpc) is 3.14. The Bertz CT molecular complexity index is 943. The zero-order valence-corrected chi connectivity index (χ0v) is 22.3. The van der Waals surface area contributed by atoms with Crippen molar-refractivity contribution in [2.75, 3.05) is 6.54 Å². The number of aliphatic hydroxyl groups excluding tert-OH is 1. The molecular weight excluding hydrogens is 477 g/mol.